The van der Waals surface area contributed by atoms with Crippen LogP contribution in [0.3, 0.4) is 0 Å². The molecule has 0 aromatic carbocycles. The highest BCUT2D eigenvalue weighted by Crippen LogP contribution is 2.25. The SMILES string of the molecule is CC(C)C(O)C(C)(C)CNC(=O)c1ccc(C#N)cn1. The monoisotopic (exact) mass is 275 g/mol. The molecule has 5 heteroatoms. The molecule has 0 aliphatic rings. The molecule has 1 atom stereocenters. The van der Waals surface area contributed by atoms with Crippen LogP contribution in [0, 0.1) is 22.7 Å². The molecule has 1 aromatic heterocycles. The van der Waals surface area contributed by atoms with Crippen molar-refractivity contribution >= 4 is 5.91 Å². The quantitative estimate of drug-likeness (QED) is 0.856. The van der Waals surface area contributed by atoms with Gasteiger partial charge in [0.25, 0.3) is 5.91 Å². The summed E-state index contributed by atoms with van der Waals surface area (Å²) in [5.74, 6) is -0.187. The molecule has 0 radical (unpaired) electrons. The second-order valence-corrected chi connectivity index (χ2v) is 5.90. The van der Waals surface area contributed by atoms with Gasteiger partial charge in [0, 0.05) is 18.2 Å². The van der Waals surface area contributed by atoms with E-state index < -0.39 is 11.5 Å². The van der Waals surface area contributed by atoms with Crippen molar-refractivity contribution in [2.75, 3.05) is 6.54 Å². The highest BCUT2D eigenvalue weighted by Gasteiger charge is 2.30. The molecule has 0 bridgehead atoms. The average molecular weight is 275 g/mol. The topological polar surface area (TPSA) is 86.0 Å². The van der Waals surface area contributed by atoms with Gasteiger partial charge in [-0.1, -0.05) is 27.7 Å². The van der Waals surface area contributed by atoms with Crippen LogP contribution in [-0.4, -0.2) is 28.6 Å². The molecule has 0 spiro atoms. The van der Waals surface area contributed by atoms with Crippen molar-refractivity contribution in [3.63, 3.8) is 0 Å². The number of nitrogens with zero attached hydrogens (tertiary/aromatic N) is 2. The van der Waals surface area contributed by atoms with Crippen LogP contribution in [0.5, 0.6) is 0 Å². The molecule has 0 aliphatic carbocycles. The number of aliphatic hydroxyl groups is 1. The van der Waals surface area contributed by atoms with Gasteiger partial charge in [-0.2, -0.15) is 5.26 Å². The van der Waals surface area contributed by atoms with Crippen LogP contribution in [0.25, 0.3) is 0 Å². The number of rotatable bonds is 5. The lowest BCUT2D eigenvalue weighted by molar-refractivity contribution is 0.0138. The first kappa shape index (κ1) is 16.1. The molecule has 2 N–H and O–H groups in total. The van der Waals surface area contributed by atoms with E-state index in [4.69, 9.17) is 5.26 Å². The lowest BCUT2D eigenvalue weighted by Gasteiger charge is -2.33. The third-order valence-electron chi connectivity index (χ3n) is 3.26. The van der Waals surface area contributed by atoms with Crippen molar-refractivity contribution in [3.8, 4) is 6.07 Å². The molecule has 108 valence electrons. The summed E-state index contributed by atoms with van der Waals surface area (Å²) in [6, 6.07) is 5.01. The number of hydrogen-bond acceptors (Lipinski definition) is 4. The van der Waals surface area contributed by atoms with E-state index in [2.05, 4.69) is 10.3 Å². The third-order valence-corrected chi connectivity index (χ3v) is 3.26. The van der Waals surface area contributed by atoms with Crippen LogP contribution in [0.15, 0.2) is 18.3 Å². The van der Waals surface area contributed by atoms with Gasteiger partial charge in [0.1, 0.15) is 11.8 Å². The molecular weight excluding hydrogens is 254 g/mol. The highest BCUT2D eigenvalue weighted by molar-refractivity contribution is 5.92. The molecule has 20 heavy (non-hydrogen) atoms. The zero-order valence-corrected chi connectivity index (χ0v) is 12.3. The number of aromatic nitrogens is 1. The van der Waals surface area contributed by atoms with Crippen LogP contribution in [0.4, 0.5) is 0 Å². The largest absolute Gasteiger partial charge is 0.392 e. The Balaban J connectivity index is 2.65. The summed E-state index contributed by atoms with van der Waals surface area (Å²) in [7, 11) is 0. The molecule has 1 amide bonds. The van der Waals surface area contributed by atoms with Gasteiger partial charge < -0.3 is 10.4 Å². The van der Waals surface area contributed by atoms with Crippen LogP contribution >= 0.6 is 0 Å². The molecule has 0 aliphatic heterocycles. The first-order chi connectivity index (χ1) is 9.27. The van der Waals surface area contributed by atoms with Crippen LogP contribution in [-0.2, 0) is 0 Å². The van der Waals surface area contributed by atoms with Gasteiger partial charge in [-0.3, -0.25) is 4.79 Å². The molecule has 5 nitrogen and oxygen atoms in total. The zero-order chi connectivity index (χ0) is 15.3. The number of carbonyl (C=O) groups is 1. The van der Waals surface area contributed by atoms with Crippen molar-refractivity contribution in [1.82, 2.24) is 10.3 Å². The Bertz CT molecular complexity index is 501. The average Bonchev–Trinajstić information content (AvgIpc) is 2.44. The first-order valence-electron chi connectivity index (χ1n) is 6.60. The van der Waals surface area contributed by atoms with Gasteiger partial charge >= 0.3 is 0 Å². The Labute approximate surface area is 119 Å². The summed E-state index contributed by atoms with van der Waals surface area (Å²) in [4.78, 5) is 15.9. The van der Waals surface area contributed by atoms with E-state index in [1.165, 1.54) is 12.3 Å². The Morgan fingerprint density at radius 2 is 2.15 bits per heavy atom. The first-order valence-corrected chi connectivity index (χ1v) is 6.60. The zero-order valence-electron chi connectivity index (χ0n) is 12.3. The summed E-state index contributed by atoms with van der Waals surface area (Å²) >= 11 is 0. The number of pyridine rings is 1. The number of hydrogen-bond donors (Lipinski definition) is 2. The summed E-state index contributed by atoms with van der Waals surface area (Å²) in [5.41, 5.74) is 0.257. The Kier molecular flexibility index (Phi) is 5.23. The molecule has 1 unspecified atom stereocenters. The number of aliphatic hydroxyl groups excluding tert-OH is 1. The summed E-state index contributed by atoms with van der Waals surface area (Å²) < 4.78 is 0. The maximum Gasteiger partial charge on any atom is 0.269 e. The fraction of sp³-hybridized carbons (Fsp3) is 0.533. The molecule has 1 rings (SSSR count). The normalized spacial score (nSPS) is 12.8. The predicted octanol–water partition coefficient (Wildman–Crippen LogP) is 1.73. The van der Waals surface area contributed by atoms with E-state index in [1.54, 1.807) is 6.07 Å². The second-order valence-electron chi connectivity index (χ2n) is 5.90. The van der Waals surface area contributed by atoms with E-state index in [0.717, 1.165) is 0 Å². The smallest absolute Gasteiger partial charge is 0.269 e. The Hall–Kier alpha value is -1.93. The van der Waals surface area contributed by atoms with Crippen LogP contribution in [0.2, 0.25) is 0 Å². The van der Waals surface area contributed by atoms with E-state index in [-0.39, 0.29) is 17.5 Å². The number of carbonyl (C=O) groups excluding carboxylic acids is 1. The fourth-order valence-corrected chi connectivity index (χ4v) is 2.00. The molecule has 0 fully saturated rings. The molecule has 0 saturated heterocycles. The standard InChI is InChI=1S/C15H21N3O2/c1-10(2)13(19)15(3,4)9-18-14(20)12-6-5-11(7-16)8-17-12/h5-6,8,10,13,19H,9H2,1-4H3,(H,18,20). The Morgan fingerprint density at radius 3 is 2.60 bits per heavy atom. The lowest BCUT2D eigenvalue weighted by Crippen LogP contribution is -2.43. The van der Waals surface area contributed by atoms with Crippen molar-refractivity contribution in [2.45, 2.75) is 33.8 Å². The maximum absolute atomic E-state index is 11.9. The molecular formula is C15H21N3O2. The summed E-state index contributed by atoms with van der Waals surface area (Å²) in [6.07, 6.45) is 0.861. The van der Waals surface area contributed by atoms with Crippen molar-refractivity contribution in [3.05, 3.63) is 29.6 Å². The highest BCUT2D eigenvalue weighted by atomic mass is 16.3. The van der Waals surface area contributed by atoms with Gasteiger partial charge in [-0.25, -0.2) is 4.98 Å². The van der Waals surface area contributed by atoms with E-state index in [9.17, 15) is 9.90 Å². The van der Waals surface area contributed by atoms with Crippen molar-refractivity contribution in [2.24, 2.45) is 11.3 Å². The Morgan fingerprint density at radius 1 is 1.50 bits per heavy atom. The van der Waals surface area contributed by atoms with Gasteiger partial charge in [0.2, 0.25) is 0 Å². The molecule has 1 heterocycles. The van der Waals surface area contributed by atoms with E-state index >= 15 is 0 Å². The van der Waals surface area contributed by atoms with Gasteiger partial charge in [0.05, 0.1) is 11.7 Å². The second kappa shape index (κ2) is 6.49. The van der Waals surface area contributed by atoms with E-state index in [0.29, 0.717) is 12.1 Å². The number of nitriles is 1. The molecule has 1 aromatic rings. The summed E-state index contributed by atoms with van der Waals surface area (Å²) in [6.45, 7) is 8.05. The van der Waals surface area contributed by atoms with Crippen LogP contribution in [0.1, 0.15) is 43.7 Å². The van der Waals surface area contributed by atoms with Gasteiger partial charge in [-0.15, -0.1) is 0 Å². The third kappa shape index (κ3) is 4.04. The minimum Gasteiger partial charge on any atom is -0.392 e. The van der Waals surface area contributed by atoms with Crippen LogP contribution < -0.4 is 5.32 Å². The van der Waals surface area contributed by atoms with Crippen molar-refractivity contribution < 1.29 is 9.90 Å². The van der Waals surface area contributed by atoms with Gasteiger partial charge in [-0.05, 0) is 18.1 Å². The number of nitrogens with one attached hydrogen (secondary N) is 1. The predicted molar refractivity (Wildman–Crippen MR) is 75.9 cm³/mol. The minimum absolute atomic E-state index is 0.120. The number of amides is 1. The lowest BCUT2D eigenvalue weighted by atomic mass is 9.80. The fourth-order valence-electron chi connectivity index (χ4n) is 2.00. The van der Waals surface area contributed by atoms with Crippen molar-refractivity contribution in [1.29, 1.82) is 5.26 Å². The van der Waals surface area contributed by atoms with Gasteiger partial charge in [0.15, 0.2) is 0 Å². The summed E-state index contributed by atoms with van der Waals surface area (Å²) in [5, 5.41) is 21.5. The van der Waals surface area contributed by atoms with E-state index in [1.807, 2.05) is 33.8 Å². The minimum atomic E-state index is -0.503. The molecule has 0 saturated carbocycles. The maximum atomic E-state index is 11.9.